The Kier molecular flexibility index (Phi) is 5.31. The first-order valence-corrected chi connectivity index (χ1v) is 8.23. The highest BCUT2D eigenvalue weighted by Gasteiger charge is 2.20. The number of H-pyrrole nitrogens is 1. The normalized spacial score (nSPS) is 18.1. The van der Waals surface area contributed by atoms with Crippen molar-refractivity contribution in [2.24, 2.45) is 5.92 Å². The lowest BCUT2D eigenvalue weighted by Crippen LogP contribution is -2.27. The highest BCUT2D eigenvalue weighted by atomic mass is 16.5. The van der Waals surface area contributed by atoms with Crippen LogP contribution in [0.4, 0.5) is 5.82 Å². The van der Waals surface area contributed by atoms with Crippen molar-refractivity contribution in [1.29, 1.82) is 0 Å². The van der Waals surface area contributed by atoms with Crippen LogP contribution < -0.4 is 16.2 Å². The van der Waals surface area contributed by atoms with E-state index >= 15 is 0 Å². The SMILES string of the molecule is CCOCCOc1nc(N)c2[nH]c(=O)n(CC3CCCOC3)c2n1. The van der Waals surface area contributed by atoms with Crippen molar-refractivity contribution < 1.29 is 14.2 Å². The van der Waals surface area contributed by atoms with Crippen LogP contribution in [0.25, 0.3) is 11.2 Å². The number of fused-ring (bicyclic) bond motifs is 1. The number of aromatic nitrogens is 4. The van der Waals surface area contributed by atoms with Gasteiger partial charge in [-0.3, -0.25) is 4.57 Å². The van der Waals surface area contributed by atoms with Crippen LogP contribution in [-0.4, -0.2) is 52.6 Å². The molecule has 1 aliphatic rings. The molecular formula is C15H23N5O4. The molecule has 0 bridgehead atoms. The Bertz CT molecular complexity index is 735. The van der Waals surface area contributed by atoms with Crippen LogP contribution in [0.1, 0.15) is 19.8 Å². The van der Waals surface area contributed by atoms with E-state index in [-0.39, 0.29) is 23.4 Å². The molecule has 3 N–H and O–H groups in total. The van der Waals surface area contributed by atoms with Gasteiger partial charge in [-0.15, -0.1) is 0 Å². The van der Waals surface area contributed by atoms with Gasteiger partial charge in [0.05, 0.1) is 13.2 Å². The zero-order valence-electron chi connectivity index (χ0n) is 13.8. The van der Waals surface area contributed by atoms with Gasteiger partial charge in [0.15, 0.2) is 11.5 Å². The number of hydrogen-bond acceptors (Lipinski definition) is 7. The van der Waals surface area contributed by atoms with Gasteiger partial charge in [0.1, 0.15) is 12.1 Å². The molecule has 0 aliphatic carbocycles. The van der Waals surface area contributed by atoms with Gasteiger partial charge in [0, 0.05) is 25.7 Å². The quantitative estimate of drug-likeness (QED) is 0.708. The maximum atomic E-state index is 12.3. The lowest BCUT2D eigenvalue weighted by Gasteiger charge is -2.22. The molecule has 3 rings (SSSR count). The zero-order chi connectivity index (χ0) is 16.9. The van der Waals surface area contributed by atoms with Crippen molar-refractivity contribution in [3.8, 4) is 6.01 Å². The van der Waals surface area contributed by atoms with Gasteiger partial charge in [-0.1, -0.05) is 0 Å². The second kappa shape index (κ2) is 7.63. The largest absolute Gasteiger partial charge is 0.461 e. The molecule has 1 unspecified atom stereocenters. The van der Waals surface area contributed by atoms with Gasteiger partial charge in [-0.25, -0.2) is 4.79 Å². The Morgan fingerprint density at radius 3 is 3.04 bits per heavy atom. The number of aromatic amines is 1. The predicted molar refractivity (Wildman–Crippen MR) is 88.1 cm³/mol. The van der Waals surface area contributed by atoms with E-state index in [0.717, 1.165) is 19.4 Å². The summed E-state index contributed by atoms with van der Waals surface area (Å²) in [6.45, 7) is 5.26. The van der Waals surface area contributed by atoms with Crippen LogP contribution in [0.15, 0.2) is 4.79 Å². The lowest BCUT2D eigenvalue weighted by molar-refractivity contribution is 0.0484. The van der Waals surface area contributed by atoms with Gasteiger partial charge in [-0.2, -0.15) is 9.97 Å². The van der Waals surface area contributed by atoms with E-state index < -0.39 is 0 Å². The topological polar surface area (TPSA) is 117 Å². The van der Waals surface area contributed by atoms with Gasteiger partial charge in [-0.05, 0) is 19.8 Å². The number of hydrogen-bond donors (Lipinski definition) is 2. The number of nitrogens with one attached hydrogen (secondary N) is 1. The Morgan fingerprint density at radius 1 is 1.42 bits per heavy atom. The third kappa shape index (κ3) is 3.68. The van der Waals surface area contributed by atoms with Gasteiger partial charge >= 0.3 is 11.7 Å². The molecule has 1 fully saturated rings. The molecule has 9 heteroatoms. The smallest absolute Gasteiger partial charge is 0.327 e. The van der Waals surface area contributed by atoms with E-state index in [1.807, 2.05) is 6.92 Å². The van der Waals surface area contributed by atoms with Crippen LogP contribution in [0.2, 0.25) is 0 Å². The molecule has 1 aliphatic heterocycles. The average molecular weight is 337 g/mol. The van der Waals surface area contributed by atoms with E-state index in [1.54, 1.807) is 4.57 Å². The summed E-state index contributed by atoms with van der Waals surface area (Å²) in [6, 6.07) is 0.146. The van der Waals surface area contributed by atoms with E-state index in [2.05, 4.69) is 15.0 Å². The van der Waals surface area contributed by atoms with Crippen LogP contribution in [0.3, 0.4) is 0 Å². The average Bonchev–Trinajstić information content (AvgIpc) is 2.90. The third-order valence-corrected chi connectivity index (χ3v) is 3.99. The minimum Gasteiger partial charge on any atom is -0.461 e. The molecule has 24 heavy (non-hydrogen) atoms. The van der Waals surface area contributed by atoms with Gasteiger partial charge < -0.3 is 24.9 Å². The monoisotopic (exact) mass is 337 g/mol. The van der Waals surface area contributed by atoms with Crippen LogP contribution in [-0.2, 0) is 16.0 Å². The molecule has 9 nitrogen and oxygen atoms in total. The van der Waals surface area contributed by atoms with Gasteiger partial charge in [0.25, 0.3) is 0 Å². The summed E-state index contributed by atoms with van der Waals surface area (Å²) >= 11 is 0. The summed E-state index contributed by atoms with van der Waals surface area (Å²) < 4.78 is 17.8. The minimum atomic E-state index is -0.247. The summed E-state index contributed by atoms with van der Waals surface area (Å²) in [7, 11) is 0. The molecule has 3 heterocycles. The van der Waals surface area contributed by atoms with Crippen LogP contribution in [0, 0.1) is 5.92 Å². The molecule has 132 valence electrons. The zero-order valence-corrected chi connectivity index (χ0v) is 13.8. The molecule has 0 spiro atoms. The fourth-order valence-electron chi connectivity index (χ4n) is 2.81. The first kappa shape index (κ1) is 16.7. The number of anilines is 1. The van der Waals surface area contributed by atoms with Crippen LogP contribution in [0.5, 0.6) is 6.01 Å². The summed E-state index contributed by atoms with van der Waals surface area (Å²) in [5.74, 6) is 0.483. The van der Waals surface area contributed by atoms with E-state index in [0.29, 0.717) is 44.1 Å². The number of imidazole rings is 1. The molecule has 1 atom stereocenters. The summed E-state index contributed by atoms with van der Waals surface area (Å²) in [5.41, 5.74) is 6.59. The maximum Gasteiger partial charge on any atom is 0.327 e. The number of nitrogen functional groups attached to an aromatic ring is 1. The Hall–Kier alpha value is -2.13. The number of rotatable bonds is 7. The second-order valence-electron chi connectivity index (χ2n) is 5.76. The van der Waals surface area contributed by atoms with Crippen molar-refractivity contribution in [2.45, 2.75) is 26.3 Å². The molecule has 2 aromatic rings. The maximum absolute atomic E-state index is 12.3. The lowest BCUT2D eigenvalue weighted by atomic mass is 10.0. The van der Waals surface area contributed by atoms with Gasteiger partial charge in [0.2, 0.25) is 0 Å². The Balaban J connectivity index is 1.83. The van der Waals surface area contributed by atoms with Crippen molar-refractivity contribution in [3.63, 3.8) is 0 Å². The van der Waals surface area contributed by atoms with Crippen molar-refractivity contribution >= 4 is 17.0 Å². The first-order chi connectivity index (χ1) is 11.7. The molecule has 0 radical (unpaired) electrons. The van der Waals surface area contributed by atoms with Crippen molar-refractivity contribution in [1.82, 2.24) is 19.5 Å². The van der Waals surface area contributed by atoms with Crippen molar-refractivity contribution in [2.75, 3.05) is 38.8 Å². The van der Waals surface area contributed by atoms with E-state index in [1.165, 1.54) is 0 Å². The fraction of sp³-hybridized carbons (Fsp3) is 0.667. The molecule has 0 aromatic carbocycles. The summed E-state index contributed by atoms with van der Waals surface area (Å²) in [6.07, 6.45) is 2.03. The van der Waals surface area contributed by atoms with Crippen LogP contribution >= 0.6 is 0 Å². The predicted octanol–water partition coefficient (Wildman–Crippen LogP) is 0.544. The Morgan fingerprint density at radius 2 is 2.29 bits per heavy atom. The second-order valence-corrected chi connectivity index (χ2v) is 5.76. The summed E-state index contributed by atoms with van der Waals surface area (Å²) in [5, 5.41) is 0. The van der Waals surface area contributed by atoms with E-state index in [4.69, 9.17) is 19.9 Å². The third-order valence-electron chi connectivity index (χ3n) is 3.99. The van der Waals surface area contributed by atoms with Crippen molar-refractivity contribution in [3.05, 3.63) is 10.5 Å². The highest BCUT2D eigenvalue weighted by molar-refractivity contribution is 5.81. The first-order valence-electron chi connectivity index (χ1n) is 8.23. The number of nitrogens with zero attached hydrogens (tertiary/aromatic N) is 3. The molecule has 0 saturated carbocycles. The highest BCUT2D eigenvalue weighted by Crippen LogP contribution is 2.20. The fourth-order valence-corrected chi connectivity index (χ4v) is 2.81. The Labute approximate surface area is 139 Å². The number of nitrogens with two attached hydrogens (primary N) is 1. The molecular weight excluding hydrogens is 314 g/mol. The standard InChI is InChI=1S/C15H23N5O4/c1-2-22-6-7-24-14-18-12(16)11-13(19-14)20(15(21)17-11)8-10-4-3-5-23-9-10/h10H,2-9H2,1H3,(H,17,21)(H2,16,18,19). The molecule has 0 amide bonds. The molecule has 1 saturated heterocycles. The molecule has 2 aromatic heterocycles. The minimum absolute atomic E-state index is 0.146. The summed E-state index contributed by atoms with van der Waals surface area (Å²) in [4.78, 5) is 23.4. The van der Waals surface area contributed by atoms with E-state index in [9.17, 15) is 4.79 Å². The number of ether oxygens (including phenoxy) is 3.